The summed E-state index contributed by atoms with van der Waals surface area (Å²) in [7, 11) is -0.613. The third-order valence-corrected chi connectivity index (χ3v) is 6.32. The predicted molar refractivity (Wildman–Crippen MR) is 82.1 cm³/mol. The standard InChI is InChI=1S/C14H18ClN3O3S/c1-9-6-11(9)12-5-4-10(21-12)7-18(3)22(19,20)14-13(15)17(2)8-16-14/h4-5,8-9,11H,6-7H2,1-3H3/t9-,11+/m1/s1. The van der Waals surface area contributed by atoms with Crippen molar-refractivity contribution in [2.75, 3.05) is 7.05 Å². The molecule has 1 aliphatic rings. The molecule has 2 aromatic heterocycles. The fraction of sp³-hybridized carbons (Fsp3) is 0.500. The summed E-state index contributed by atoms with van der Waals surface area (Å²) in [6.07, 6.45) is 2.51. The number of aryl methyl sites for hydroxylation is 1. The highest BCUT2D eigenvalue weighted by Gasteiger charge is 2.37. The van der Waals surface area contributed by atoms with Gasteiger partial charge in [-0.15, -0.1) is 0 Å². The van der Waals surface area contributed by atoms with E-state index in [0.29, 0.717) is 17.6 Å². The minimum absolute atomic E-state index is 0.0961. The van der Waals surface area contributed by atoms with E-state index in [2.05, 4.69) is 11.9 Å². The van der Waals surface area contributed by atoms with Crippen LogP contribution >= 0.6 is 11.6 Å². The van der Waals surface area contributed by atoms with Gasteiger partial charge in [0.25, 0.3) is 10.0 Å². The molecule has 6 nitrogen and oxygen atoms in total. The number of nitrogens with zero attached hydrogens (tertiary/aromatic N) is 3. The van der Waals surface area contributed by atoms with Crippen molar-refractivity contribution in [2.45, 2.75) is 30.8 Å². The van der Waals surface area contributed by atoms with E-state index in [9.17, 15) is 8.42 Å². The minimum atomic E-state index is -3.74. The van der Waals surface area contributed by atoms with Crippen LogP contribution in [-0.4, -0.2) is 29.3 Å². The van der Waals surface area contributed by atoms with Crippen molar-refractivity contribution >= 4 is 21.6 Å². The first kappa shape index (κ1) is 15.6. The maximum Gasteiger partial charge on any atom is 0.263 e. The number of rotatable bonds is 5. The van der Waals surface area contributed by atoms with Crippen LogP contribution < -0.4 is 0 Å². The molecule has 0 aromatic carbocycles. The van der Waals surface area contributed by atoms with Gasteiger partial charge >= 0.3 is 0 Å². The molecule has 1 fully saturated rings. The van der Waals surface area contributed by atoms with Gasteiger partial charge in [-0.05, 0) is 24.5 Å². The first-order valence-corrected chi connectivity index (χ1v) is 8.84. The fourth-order valence-corrected chi connectivity index (χ4v) is 3.93. The summed E-state index contributed by atoms with van der Waals surface area (Å²) in [6.45, 7) is 2.32. The summed E-state index contributed by atoms with van der Waals surface area (Å²) >= 11 is 5.98. The van der Waals surface area contributed by atoms with Gasteiger partial charge in [-0.25, -0.2) is 13.4 Å². The Balaban J connectivity index is 1.77. The molecule has 0 unspecified atom stereocenters. The Morgan fingerprint density at radius 3 is 2.73 bits per heavy atom. The average molecular weight is 344 g/mol. The Bertz CT molecular complexity index is 796. The molecule has 0 saturated heterocycles. The number of hydrogen-bond donors (Lipinski definition) is 0. The largest absolute Gasteiger partial charge is 0.464 e. The van der Waals surface area contributed by atoms with E-state index in [0.717, 1.165) is 12.2 Å². The predicted octanol–water partition coefficient (Wildman–Crippen LogP) is 2.61. The third-order valence-electron chi connectivity index (χ3n) is 4.02. The molecule has 22 heavy (non-hydrogen) atoms. The number of sulfonamides is 1. The van der Waals surface area contributed by atoms with Gasteiger partial charge in [0.1, 0.15) is 16.7 Å². The lowest BCUT2D eigenvalue weighted by atomic mass is 10.3. The van der Waals surface area contributed by atoms with Crippen molar-refractivity contribution in [3.05, 3.63) is 35.1 Å². The third kappa shape index (κ3) is 2.68. The highest BCUT2D eigenvalue weighted by molar-refractivity contribution is 7.89. The molecule has 2 aromatic rings. The van der Waals surface area contributed by atoms with Gasteiger partial charge in [0.05, 0.1) is 12.9 Å². The van der Waals surface area contributed by atoms with Crippen molar-refractivity contribution in [1.82, 2.24) is 13.9 Å². The zero-order valence-electron chi connectivity index (χ0n) is 12.7. The molecule has 2 atom stereocenters. The number of furan rings is 1. The molecule has 8 heteroatoms. The number of hydrogen-bond acceptors (Lipinski definition) is 4. The summed E-state index contributed by atoms with van der Waals surface area (Å²) in [5, 5.41) is -0.0412. The Morgan fingerprint density at radius 1 is 1.50 bits per heavy atom. The van der Waals surface area contributed by atoms with Gasteiger partial charge in [0, 0.05) is 20.0 Å². The molecule has 120 valence electrons. The van der Waals surface area contributed by atoms with Crippen LogP contribution in [0.15, 0.2) is 27.9 Å². The summed E-state index contributed by atoms with van der Waals surface area (Å²) in [5.74, 6) is 2.67. The molecule has 0 N–H and O–H groups in total. The van der Waals surface area contributed by atoms with Crippen LogP contribution in [0.2, 0.25) is 5.15 Å². The highest BCUT2D eigenvalue weighted by atomic mass is 35.5. The normalized spacial score (nSPS) is 21.5. The Labute approximate surface area is 134 Å². The molecule has 0 amide bonds. The first-order chi connectivity index (χ1) is 10.3. The van der Waals surface area contributed by atoms with Crippen LogP contribution in [0.5, 0.6) is 0 Å². The topological polar surface area (TPSA) is 68.3 Å². The van der Waals surface area contributed by atoms with Gasteiger partial charge in [-0.3, -0.25) is 0 Å². The van der Waals surface area contributed by atoms with E-state index >= 15 is 0 Å². The van der Waals surface area contributed by atoms with Crippen molar-refractivity contribution < 1.29 is 12.8 Å². The summed E-state index contributed by atoms with van der Waals surface area (Å²) < 4.78 is 33.4. The first-order valence-electron chi connectivity index (χ1n) is 7.02. The second-order valence-corrected chi connectivity index (χ2v) is 8.15. The molecule has 3 rings (SSSR count). The maximum absolute atomic E-state index is 12.5. The smallest absolute Gasteiger partial charge is 0.263 e. The van der Waals surface area contributed by atoms with Crippen molar-refractivity contribution in [3.8, 4) is 0 Å². The molecule has 0 spiro atoms. The Kier molecular flexibility index (Phi) is 3.82. The van der Waals surface area contributed by atoms with Crippen molar-refractivity contribution in [1.29, 1.82) is 0 Å². The Morgan fingerprint density at radius 2 is 2.18 bits per heavy atom. The monoisotopic (exact) mass is 343 g/mol. The second-order valence-electron chi connectivity index (χ2n) is 5.84. The van der Waals surface area contributed by atoms with Crippen LogP contribution in [0.25, 0.3) is 0 Å². The molecule has 0 aliphatic heterocycles. The molecule has 2 heterocycles. The zero-order valence-corrected chi connectivity index (χ0v) is 14.2. The quantitative estimate of drug-likeness (QED) is 0.836. The lowest BCUT2D eigenvalue weighted by Crippen LogP contribution is -2.27. The average Bonchev–Trinajstić information content (AvgIpc) is 2.84. The van der Waals surface area contributed by atoms with E-state index in [-0.39, 0.29) is 16.7 Å². The van der Waals surface area contributed by atoms with Gasteiger partial charge in [-0.1, -0.05) is 18.5 Å². The van der Waals surface area contributed by atoms with Gasteiger partial charge < -0.3 is 8.98 Å². The van der Waals surface area contributed by atoms with Gasteiger partial charge in [-0.2, -0.15) is 4.31 Å². The molecule has 0 bridgehead atoms. The summed E-state index contributed by atoms with van der Waals surface area (Å²) in [4.78, 5) is 3.87. The van der Waals surface area contributed by atoms with Crippen LogP contribution in [0.1, 0.15) is 30.8 Å². The van der Waals surface area contributed by atoms with Crippen molar-refractivity contribution in [2.24, 2.45) is 13.0 Å². The van der Waals surface area contributed by atoms with Crippen molar-refractivity contribution in [3.63, 3.8) is 0 Å². The van der Waals surface area contributed by atoms with Gasteiger partial charge in [0.2, 0.25) is 5.03 Å². The summed E-state index contributed by atoms with van der Waals surface area (Å²) in [6, 6.07) is 3.75. The van der Waals surface area contributed by atoms with E-state index < -0.39 is 10.0 Å². The van der Waals surface area contributed by atoms with Crippen LogP contribution in [0, 0.1) is 5.92 Å². The van der Waals surface area contributed by atoms with E-state index in [1.54, 1.807) is 7.05 Å². The molecule has 0 radical (unpaired) electrons. The van der Waals surface area contributed by atoms with E-state index in [1.165, 1.54) is 22.2 Å². The fourth-order valence-electron chi connectivity index (χ4n) is 2.42. The summed E-state index contributed by atoms with van der Waals surface area (Å²) in [5.41, 5.74) is 0. The number of halogens is 1. The number of imidazole rings is 1. The maximum atomic E-state index is 12.5. The van der Waals surface area contributed by atoms with Crippen LogP contribution in [-0.2, 0) is 23.6 Å². The SMILES string of the molecule is C[C@@H]1C[C@@H]1c1ccc(CN(C)S(=O)(=O)c2ncn(C)c2Cl)o1. The molecular weight excluding hydrogens is 326 g/mol. The lowest BCUT2D eigenvalue weighted by Gasteiger charge is -2.14. The second kappa shape index (κ2) is 5.40. The number of aromatic nitrogens is 2. The Hall–Kier alpha value is -1.31. The van der Waals surface area contributed by atoms with Crippen LogP contribution in [0.3, 0.4) is 0 Å². The van der Waals surface area contributed by atoms with Crippen LogP contribution in [0.4, 0.5) is 0 Å². The molecule has 1 saturated carbocycles. The molecular formula is C14H18ClN3O3S. The minimum Gasteiger partial charge on any atom is -0.464 e. The lowest BCUT2D eigenvalue weighted by molar-refractivity contribution is 0.389. The zero-order chi connectivity index (χ0) is 16.1. The molecule has 1 aliphatic carbocycles. The highest BCUT2D eigenvalue weighted by Crippen LogP contribution is 2.47. The van der Waals surface area contributed by atoms with E-state index in [4.69, 9.17) is 16.0 Å². The van der Waals surface area contributed by atoms with Gasteiger partial charge in [0.15, 0.2) is 0 Å². The van der Waals surface area contributed by atoms with E-state index in [1.807, 2.05) is 12.1 Å².